The predicted molar refractivity (Wildman–Crippen MR) is 70.5 cm³/mol. The number of aromatic nitrogens is 1. The monoisotopic (exact) mass is 254 g/mol. The zero-order valence-corrected chi connectivity index (χ0v) is 11.1. The molecule has 1 saturated heterocycles. The highest BCUT2D eigenvalue weighted by Gasteiger charge is 2.31. The molecule has 0 aromatic carbocycles. The molecule has 1 aliphatic rings. The van der Waals surface area contributed by atoms with Crippen LogP contribution in [0.5, 0.6) is 0 Å². The summed E-state index contributed by atoms with van der Waals surface area (Å²) in [6.45, 7) is 5.17. The van der Waals surface area contributed by atoms with E-state index in [4.69, 9.17) is 16.3 Å². The zero-order chi connectivity index (χ0) is 12.3. The number of anilines is 1. The molecule has 17 heavy (non-hydrogen) atoms. The molecule has 3 nitrogen and oxygen atoms in total. The minimum atomic E-state index is 0.00669. The lowest BCUT2D eigenvalue weighted by atomic mass is 9.90. The van der Waals surface area contributed by atoms with Gasteiger partial charge in [-0.3, -0.25) is 0 Å². The van der Waals surface area contributed by atoms with Crippen LogP contribution in [0.3, 0.4) is 0 Å². The molecule has 2 atom stereocenters. The second-order valence-corrected chi connectivity index (χ2v) is 5.24. The average Bonchev–Trinajstić information content (AvgIpc) is 2.29. The van der Waals surface area contributed by atoms with Crippen LogP contribution in [-0.4, -0.2) is 23.2 Å². The quantitative estimate of drug-likeness (QED) is 0.839. The average molecular weight is 255 g/mol. The molecule has 1 N–H and O–H groups in total. The highest BCUT2D eigenvalue weighted by Crippen LogP contribution is 2.29. The van der Waals surface area contributed by atoms with Gasteiger partial charge >= 0.3 is 0 Å². The third-order valence-corrected chi connectivity index (χ3v) is 3.65. The Kier molecular flexibility index (Phi) is 3.89. The van der Waals surface area contributed by atoms with E-state index in [0.29, 0.717) is 11.2 Å². The van der Waals surface area contributed by atoms with Crippen molar-refractivity contribution in [2.75, 3.05) is 11.9 Å². The van der Waals surface area contributed by atoms with E-state index in [9.17, 15) is 0 Å². The van der Waals surface area contributed by atoms with Crippen molar-refractivity contribution in [2.24, 2.45) is 0 Å². The Balaban J connectivity index is 1.99. The highest BCUT2D eigenvalue weighted by atomic mass is 35.5. The van der Waals surface area contributed by atoms with Gasteiger partial charge in [-0.1, -0.05) is 18.5 Å². The molecular formula is C13H19ClN2O. The SMILES string of the molecule is CCC1(C)CC(Nc2ccnc(Cl)c2)CCO1. The number of pyridine rings is 1. The zero-order valence-electron chi connectivity index (χ0n) is 10.4. The van der Waals surface area contributed by atoms with Gasteiger partial charge < -0.3 is 10.1 Å². The fourth-order valence-corrected chi connectivity index (χ4v) is 2.40. The van der Waals surface area contributed by atoms with Crippen LogP contribution in [0.15, 0.2) is 18.3 Å². The van der Waals surface area contributed by atoms with Crippen LogP contribution in [0.25, 0.3) is 0 Å². The fourth-order valence-electron chi connectivity index (χ4n) is 2.23. The van der Waals surface area contributed by atoms with E-state index in [2.05, 4.69) is 24.1 Å². The maximum absolute atomic E-state index is 5.87. The number of hydrogen-bond donors (Lipinski definition) is 1. The lowest BCUT2D eigenvalue weighted by molar-refractivity contribution is -0.0708. The number of nitrogens with zero attached hydrogens (tertiary/aromatic N) is 1. The van der Waals surface area contributed by atoms with Gasteiger partial charge in [-0.05, 0) is 38.3 Å². The first kappa shape index (κ1) is 12.7. The number of nitrogens with one attached hydrogen (secondary N) is 1. The molecule has 0 aliphatic carbocycles. The summed E-state index contributed by atoms with van der Waals surface area (Å²) in [4.78, 5) is 3.98. The van der Waals surface area contributed by atoms with Crippen LogP contribution in [0.4, 0.5) is 5.69 Å². The smallest absolute Gasteiger partial charge is 0.131 e. The van der Waals surface area contributed by atoms with Gasteiger partial charge in [-0.25, -0.2) is 4.98 Å². The van der Waals surface area contributed by atoms with E-state index in [1.165, 1.54) is 0 Å². The molecule has 0 bridgehead atoms. The Hall–Kier alpha value is -0.800. The van der Waals surface area contributed by atoms with Crippen molar-refractivity contribution in [3.8, 4) is 0 Å². The van der Waals surface area contributed by atoms with E-state index >= 15 is 0 Å². The molecule has 0 spiro atoms. The lowest BCUT2D eigenvalue weighted by Crippen LogP contribution is -2.41. The normalized spacial score (nSPS) is 29.0. The Morgan fingerprint density at radius 3 is 3.18 bits per heavy atom. The van der Waals surface area contributed by atoms with Gasteiger partial charge in [0.15, 0.2) is 0 Å². The van der Waals surface area contributed by atoms with Crippen LogP contribution in [0.2, 0.25) is 5.15 Å². The summed E-state index contributed by atoms with van der Waals surface area (Å²) in [6, 6.07) is 4.26. The topological polar surface area (TPSA) is 34.2 Å². The summed E-state index contributed by atoms with van der Waals surface area (Å²) in [5.41, 5.74) is 1.04. The molecule has 94 valence electrons. The molecule has 1 aromatic heterocycles. The van der Waals surface area contributed by atoms with Crippen LogP contribution >= 0.6 is 11.6 Å². The third-order valence-electron chi connectivity index (χ3n) is 3.44. The first-order chi connectivity index (χ1) is 8.11. The third kappa shape index (κ3) is 3.33. The summed E-state index contributed by atoms with van der Waals surface area (Å²) in [5.74, 6) is 0. The number of ether oxygens (including phenoxy) is 1. The standard InChI is InChI=1S/C13H19ClN2O/c1-3-13(2)9-11(5-7-17-13)16-10-4-6-15-12(14)8-10/h4,6,8,11H,3,5,7,9H2,1-2H3,(H,15,16). The molecule has 2 unspecified atom stereocenters. The van der Waals surface area contributed by atoms with Gasteiger partial charge in [-0.2, -0.15) is 0 Å². The minimum Gasteiger partial charge on any atom is -0.382 e. The van der Waals surface area contributed by atoms with Gasteiger partial charge in [-0.15, -0.1) is 0 Å². The maximum Gasteiger partial charge on any atom is 0.131 e. The molecule has 1 aromatic rings. The Morgan fingerprint density at radius 2 is 2.47 bits per heavy atom. The van der Waals surface area contributed by atoms with Crippen molar-refractivity contribution in [1.82, 2.24) is 4.98 Å². The number of rotatable bonds is 3. The molecule has 1 aliphatic heterocycles. The fraction of sp³-hybridized carbons (Fsp3) is 0.615. The number of halogens is 1. The van der Waals surface area contributed by atoms with Crippen LogP contribution < -0.4 is 5.32 Å². The molecule has 2 rings (SSSR count). The lowest BCUT2D eigenvalue weighted by Gasteiger charge is -2.38. The second-order valence-electron chi connectivity index (χ2n) is 4.85. The first-order valence-electron chi connectivity index (χ1n) is 6.13. The number of hydrogen-bond acceptors (Lipinski definition) is 3. The molecule has 2 heterocycles. The predicted octanol–water partition coefficient (Wildman–Crippen LogP) is 3.49. The molecule has 0 amide bonds. The van der Waals surface area contributed by atoms with Crippen LogP contribution in [-0.2, 0) is 4.74 Å². The Bertz CT molecular complexity index is 385. The Labute approximate surface area is 108 Å². The molecular weight excluding hydrogens is 236 g/mol. The van der Waals surface area contributed by atoms with Crippen molar-refractivity contribution in [1.29, 1.82) is 0 Å². The van der Waals surface area contributed by atoms with Gasteiger partial charge in [0.05, 0.1) is 5.60 Å². The molecule has 0 saturated carbocycles. The van der Waals surface area contributed by atoms with Crippen molar-refractivity contribution in [3.63, 3.8) is 0 Å². The van der Waals surface area contributed by atoms with E-state index < -0.39 is 0 Å². The highest BCUT2D eigenvalue weighted by molar-refractivity contribution is 6.29. The Morgan fingerprint density at radius 1 is 1.65 bits per heavy atom. The largest absolute Gasteiger partial charge is 0.382 e. The minimum absolute atomic E-state index is 0.00669. The van der Waals surface area contributed by atoms with Crippen LogP contribution in [0, 0.1) is 0 Å². The van der Waals surface area contributed by atoms with Crippen molar-refractivity contribution >= 4 is 17.3 Å². The van der Waals surface area contributed by atoms with E-state index in [1.54, 1.807) is 6.20 Å². The second kappa shape index (κ2) is 5.23. The summed E-state index contributed by atoms with van der Waals surface area (Å²) in [5, 5.41) is 4.03. The van der Waals surface area contributed by atoms with Gasteiger partial charge in [0.1, 0.15) is 5.15 Å². The first-order valence-corrected chi connectivity index (χ1v) is 6.51. The van der Waals surface area contributed by atoms with Crippen molar-refractivity contribution < 1.29 is 4.74 Å². The van der Waals surface area contributed by atoms with E-state index in [1.807, 2.05) is 12.1 Å². The molecule has 0 radical (unpaired) electrons. The molecule has 1 fully saturated rings. The van der Waals surface area contributed by atoms with Crippen LogP contribution in [0.1, 0.15) is 33.1 Å². The van der Waals surface area contributed by atoms with Gasteiger partial charge in [0, 0.05) is 24.5 Å². The molecule has 4 heteroatoms. The van der Waals surface area contributed by atoms with Crippen molar-refractivity contribution in [2.45, 2.75) is 44.8 Å². The van der Waals surface area contributed by atoms with Gasteiger partial charge in [0.2, 0.25) is 0 Å². The van der Waals surface area contributed by atoms with Crippen molar-refractivity contribution in [3.05, 3.63) is 23.5 Å². The van der Waals surface area contributed by atoms with Gasteiger partial charge in [0.25, 0.3) is 0 Å². The summed E-state index contributed by atoms with van der Waals surface area (Å²) in [6.07, 6.45) is 4.84. The summed E-state index contributed by atoms with van der Waals surface area (Å²) >= 11 is 5.87. The summed E-state index contributed by atoms with van der Waals surface area (Å²) in [7, 11) is 0. The summed E-state index contributed by atoms with van der Waals surface area (Å²) < 4.78 is 5.83. The van der Waals surface area contributed by atoms with E-state index in [0.717, 1.165) is 31.6 Å². The maximum atomic E-state index is 5.87. The van der Waals surface area contributed by atoms with E-state index in [-0.39, 0.29) is 5.60 Å².